The van der Waals surface area contributed by atoms with Crippen molar-refractivity contribution in [3.8, 4) is 5.75 Å². The van der Waals surface area contributed by atoms with Crippen molar-refractivity contribution in [1.29, 1.82) is 0 Å². The van der Waals surface area contributed by atoms with Gasteiger partial charge in [-0.25, -0.2) is 0 Å². The van der Waals surface area contributed by atoms with Crippen LogP contribution in [0.25, 0.3) is 0 Å². The van der Waals surface area contributed by atoms with Crippen molar-refractivity contribution >= 4 is 23.4 Å². The first-order valence-corrected chi connectivity index (χ1v) is 11.6. The van der Waals surface area contributed by atoms with Gasteiger partial charge in [-0.05, 0) is 81.6 Å². The normalized spacial score (nSPS) is 11.6. The van der Waals surface area contributed by atoms with Crippen LogP contribution in [0.5, 0.6) is 5.75 Å². The molecule has 0 bridgehead atoms. The molecular formula is C28H31ClN2O3. The molecule has 0 aromatic heterocycles. The second-order valence-corrected chi connectivity index (χ2v) is 9.65. The Morgan fingerprint density at radius 3 is 2.09 bits per heavy atom. The summed E-state index contributed by atoms with van der Waals surface area (Å²) in [6, 6.07) is 24.2. The minimum Gasteiger partial charge on any atom is -0.478 e. The molecule has 0 spiro atoms. The zero-order chi connectivity index (χ0) is 24.8. The van der Waals surface area contributed by atoms with E-state index >= 15 is 0 Å². The van der Waals surface area contributed by atoms with E-state index in [1.165, 1.54) is 0 Å². The molecular weight excluding hydrogens is 448 g/mol. The van der Waals surface area contributed by atoms with Crippen molar-refractivity contribution in [1.82, 2.24) is 10.6 Å². The Morgan fingerprint density at radius 1 is 0.853 bits per heavy atom. The van der Waals surface area contributed by atoms with Crippen LogP contribution in [0, 0.1) is 0 Å². The second kappa shape index (κ2) is 10.7. The predicted octanol–water partition coefficient (Wildman–Crippen LogP) is 5.52. The van der Waals surface area contributed by atoms with Crippen LogP contribution in [-0.2, 0) is 16.8 Å². The highest BCUT2D eigenvalue weighted by molar-refractivity contribution is 6.30. The lowest BCUT2D eigenvalue weighted by Gasteiger charge is -2.32. The highest BCUT2D eigenvalue weighted by Crippen LogP contribution is 2.24. The van der Waals surface area contributed by atoms with Gasteiger partial charge in [0.15, 0.2) is 5.60 Å². The molecule has 0 unspecified atom stereocenters. The van der Waals surface area contributed by atoms with Gasteiger partial charge in [-0.1, -0.05) is 54.1 Å². The number of carbonyl (C=O) groups is 2. The summed E-state index contributed by atoms with van der Waals surface area (Å²) in [5, 5.41) is 6.59. The Morgan fingerprint density at radius 2 is 1.47 bits per heavy atom. The maximum atomic E-state index is 13.0. The zero-order valence-electron chi connectivity index (χ0n) is 20.0. The van der Waals surface area contributed by atoms with Crippen LogP contribution in [-0.4, -0.2) is 24.0 Å². The number of amides is 2. The number of carbonyl (C=O) groups excluding carboxylic acids is 2. The van der Waals surface area contributed by atoms with Crippen molar-refractivity contribution in [3.63, 3.8) is 0 Å². The molecule has 0 aliphatic heterocycles. The zero-order valence-corrected chi connectivity index (χ0v) is 20.8. The highest BCUT2D eigenvalue weighted by Gasteiger charge is 2.34. The minimum atomic E-state index is -1.06. The van der Waals surface area contributed by atoms with Crippen LogP contribution in [0.15, 0.2) is 78.9 Å². The third kappa shape index (κ3) is 6.84. The fraction of sp³-hybridized carbons (Fsp3) is 0.286. The van der Waals surface area contributed by atoms with E-state index in [0.29, 0.717) is 29.3 Å². The molecule has 0 aliphatic carbocycles. The molecule has 3 rings (SSSR count). The molecule has 0 aliphatic rings. The van der Waals surface area contributed by atoms with Crippen molar-refractivity contribution < 1.29 is 14.3 Å². The molecule has 0 radical (unpaired) electrons. The van der Waals surface area contributed by atoms with Gasteiger partial charge in [-0.15, -0.1) is 0 Å². The summed E-state index contributed by atoms with van der Waals surface area (Å²) in [5.74, 6) is 0.268. The van der Waals surface area contributed by atoms with Crippen molar-refractivity contribution in [2.75, 3.05) is 6.54 Å². The van der Waals surface area contributed by atoms with Gasteiger partial charge < -0.3 is 15.4 Å². The summed E-state index contributed by atoms with van der Waals surface area (Å²) in [4.78, 5) is 25.2. The molecule has 0 saturated carbocycles. The monoisotopic (exact) mass is 478 g/mol. The van der Waals surface area contributed by atoms with E-state index in [1.807, 2.05) is 68.4 Å². The molecule has 3 aromatic carbocycles. The Bertz CT molecular complexity index is 1110. The topological polar surface area (TPSA) is 67.4 Å². The van der Waals surface area contributed by atoms with Crippen LogP contribution >= 0.6 is 11.6 Å². The second-order valence-electron chi connectivity index (χ2n) is 9.21. The smallest absolute Gasteiger partial charge is 0.264 e. The number of rotatable bonds is 9. The van der Waals surface area contributed by atoms with Crippen molar-refractivity contribution in [2.24, 2.45) is 0 Å². The van der Waals surface area contributed by atoms with Crippen LogP contribution in [0.3, 0.4) is 0 Å². The van der Waals surface area contributed by atoms with Gasteiger partial charge in [0.1, 0.15) is 5.75 Å². The number of ether oxygens (including phenoxy) is 1. The van der Waals surface area contributed by atoms with Gasteiger partial charge in [0.2, 0.25) is 0 Å². The minimum absolute atomic E-state index is 0.136. The third-order valence-corrected chi connectivity index (χ3v) is 5.82. The first kappa shape index (κ1) is 25.3. The molecule has 2 N–H and O–H groups in total. The van der Waals surface area contributed by atoms with E-state index in [0.717, 1.165) is 11.1 Å². The fourth-order valence-electron chi connectivity index (χ4n) is 3.45. The van der Waals surface area contributed by atoms with E-state index in [9.17, 15) is 9.59 Å². The van der Waals surface area contributed by atoms with Gasteiger partial charge in [0, 0.05) is 17.1 Å². The van der Waals surface area contributed by atoms with Gasteiger partial charge in [0.05, 0.1) is 5.54 Å². The van der Waals surface area contributed by atoms with Gasteiger partial charge >= 0.3 is 0 Å². The molecule has 178 valence electrons. The summed E-state index contributed by atoms with van der Waals surface area (Å²) in [6.07, 6.45) is 0.675. The standard InChI is InChI=1S/C28H31ClN2O3/c1-27(2,22-8-6-5-7-9-22)31-26(33)28(3,4)34-24-16-10-20(11-17-24)18-19-30-25(32)21-12-14-23(29)15-13-21/h5-17H,18-19H2,1-4H3,(H,30,32)(H,31,33). The van der Waals surface area contributed by atoms with Gasteiger partial charge in [-0.2, -0.15) is 0 Å². The third-order valence-electron chi connectivity index (χ3n) is 5.57. The molecule has 2 amide bonds. The summed E-state index contributed by atoms with van der Waals surface area (Å²) in [6.45, 7) is 7.95. The Balaban J connectivity index is 1.52. The van der Waals surface area contributed by atoms with E-state index in [-0.39, 0.29) is 11.8 Å². The molecule has 0 saturated heterocycles. The Hall–Kier alpha value is -3.31. The largest absolute Gasteiger partial charge is 0.478 e. The number of nitrogens with one attached hydrogen (secondary N) is 2. The van der Waals surface area contributed by atoms with Gasteiger partial charge in [-0.3, -0.25) is 9.59 Å². The Labute approximate surface area is 206 Å². The van der Waals surface area contributed by atoms with Crippen molar-refractivity contribution in [3.05, 3.63) is 101 Å². The molecule has 5 nitrogen and oxygen atoms in total. The van der Waals surface area contributed by atoms with Gasteiger partial charge in [0.25, 0.3) is 11.8 Å². The molecule has 34 heavy (non-hydrogen) atoms. The van der Waals surface area contributed by atoms with E-state index < -0.39 is 11.1 Å². The number of benzene rings is 3. The van der Waals surface area contributed by atoms with E-state index in [4.69, 9.17) is 16.3 Å². The van der Waals surface area contributed by atoms with Crippen LogP contribution < -0.4 is 15.4 Å². The van der Waals surface area contributed by atoms with Crippen LogP contribution in [0.2, 0.25) is 5.02 Å². The first-order chi connectivity index (χ1) is 16.1. The maximum Gasteiger partial charge on any atom is 0.264 e. The average Bonchev–Trinajstić information content (AvgIpc) is 2.80. The lowest BCUT2D eigenvalue weighted by atomic mass is 9.93. The molecule has 0 heterocycles. The van der Waals surface area contributed by atoms with Crippen LogP contribution in [0.1, 0.15) is 49.2 Å². The number of hydrogen-bond donors (Lipinski definition) is 2. The lowest BCUT2D eigenvalue weighted by molar-refractivity contribution is -0.136. The highest BCUT2D eigenvalue weighted by atomic mass is 35.5. The number of halogens is 1. The van der Waals surface area contributed by atoms with E-state index in [1.54, 1.807) is 38.1 Å². The summed E-state index contributed by atoms with van der Waals surface area (Å²) < 4.78 is 6.02. The Kier molecular flexibility index (Phi) is 8.00. The van der Waals surface area contributed by atoms with Crippen molar-refractivity contribution in [2.45, 2.75) is 45.3 Å². The quantitative estimate of drug-likeness (QED) is 0.425. The predicted molar refractivity (Wildman–Crippen MR) is 136 cm³/mol. The lowest BCUT2D eigenvalue weighted by Crippen LogP contribution is -2.52. The summed E-state index contributed by atoms with van der Waals surface area (Å²) in [7, 11) is 0. The SMILES string of the molecule is CC(C)(Oc1ccc(CCNC(=O)c2ccc(Cl)cc2)cc1)C(=O)NC(C)(C)c1ccccc1. The van der Waals surface area contributed by atoms with E-state index in [2.05, 4.69) is 10.6 Å². The maximum absolute atomic E-state index is 13.0. The molecule has 0 fully saturated rings. The first-order valence-electron chi connectivity index (χ1n) is 11.3. The molecule has 0 atom stereocenters. The molecule has 6 heteroatoms. The fourth-order valence-corrected chi connectivity index (χ4v) is 3.58. The van der Waals surface area contributed by atoms with Crippen LogP contribution in [0.4, 0.5) is 0 Å². The summed E-state index contributed by atoms with van der Waals surface area (Å²) >= 11 is 5.86. The summed E-state index contributed by atoms with van der Waals surface area (Å²) in [5.41, 5.74) is 1.06. The average molecular weight is 479 g/mol. The molecule has 3 aromatic rings. The number of hydrogen-bond acceptors (Lipinski definition) is 3.